The standard InChI is InChI=1S/C46H75N7O10/c1-11-28(3)46(9)40(53(44(59)63-46)19-13-12-18-52-26-36(49-50-52)33-15-14-16-34(47)22-33)32(7)48-24-27(2)23-45(8,60-10)41(30(5)38(55)31(6)42(57)58)62-43-39(56)37(21-29(4)61-43)51-20-17-35(54)25-51/h14-16,22,26-32,35,37,39-41,43,48,54,56H,11-13,17-21,23-25,47H2,1-10H3,(H,57,58)/t27-,28-,29?,30+,31-,32-,35+,37?,39?,40-,41-,43+,45-,46-/m1/s1. The van der Waals surface area contributed by atoms with Crippen molar-refractivity contribution < 1.29 is 48.7 Å². The SMILES string of the molecule is CC[C@@H](C)[C@@]1(C)OC(=O)N(CCCCn2cc(-c3cccc(N)c3)nn2)[C@@H]1[C@@H](C)NC[C@H](C)C[C@@](C)(OC)[C@H](O[C@@H]1OC(C)CC(N2CC[C@H](O)C2)C1O)[C@@H](C)C(=O)[C@@H](C)C(=O)O. The summed E-state index contributed by atoms with van der Waals surface area (Å²) in [6.45, 7) is 19.8. The lowest BCUT2D eigenvalue weighted by Crippen LogP contribution is -2.60. The van der Waals surface area contributed by atoms with Gasteiger partial charge in [0.2, 0.25) is 0 Å². The van der Waals surface area contributed by atoms with Crippen LogP contribution in [0.3, 0.4) is 0 Å². The lowest BCUT2D eigenvalue weighted by Gasteiger charge is -2.47. The molecular formula is C46H75N7O10. The number of nitrogens with two attached hydrogens (primary N) is 1. The summed E-state index contributed by atoms with van der Waals surface area (Å²) >= 11 is 0. The second-order valence-corrected chi connectivity index (χ2v) is 19.1. The normalized spacial score (nSPS) is 29.4. The van der Waals surface area contributed by atoms with Crippen LogP contribution in [-0.2, 0) is 35.1 Å². The number of aliphatic hydroxyl groups excluding tert-OH is 2. The average Bonchev–Trinajstić information content (AvgIpc) is 3.97. The molecule has 6 N–H and O–H groups in total. The van der Waals surface area contributed by atoms with Crippen molar-refractivity contribution in [1.82, 2.24) is 30.1 Å². The van der Waals surface area contributed by atoms with Crippen LogP contribution < -0.4 is 11.1 Å². The number of aliphatic hydroxyl groups is 2. The van der Waals surface area contributed by atoms with Gasteiger partial charge in [0.1, 0.15) is 23.3 Å². The molecule has 3 fully saturated rings. The fourth-order valence-electron chi connectivity index (χ4n) is 10.1. The van der Waals surface area contributed by atoms with Crippen LogP contribution in [0.1, 0.15) is 101 Å². The number of benzene rings is 1. The molecule has 2 aromatic rings. The van der Waals surface area contributed by atoms with Crippen LogP contribution in [0.4, 0.5) is 10.5 Å². The van der Waals surface area contributed by atoms with Crippen molar-refractivity contribution in [2.24, 2.45) is 23.7 Å². The number of carbonyl (C=O) groups excluding carboxylic acids is 2. The highest BCUT2D eigenvalue weighted by molar-refractivity contribution is 5.99. The second kappa shape index (κ2) is 21.5. The molecule has 3 saturated heterocycles. The first-order chi connectivity index (χ1) is 29.7. The molecule has 0 spiro atoms. The number of likely N-dealkylation sites (tertiary alicyclic amines) is 1. The third-order valence-electron chi connectivity index (χ3n) is 14.2. The van der Waals surface area contributed by atoms with E-state index >= 15 is 0 Å². The van der Waals surface area contributed by atoms with Gasteiger partial charge in [-0.2, -0.15) is 0 Å². The maximum absolute atomic E-state index is 13.7. The highest BCUT2D eigenvalue weighted by Crippen LogP contribution is 2.40. The lowest BCUT2D eigenvalue weighted by molar-refractivity contribution is -0.296. The molecule has 0 radical (unpaired) electrons. The number of ether oxygens (including phenoxy) is 4. The molecule has 3 aliphatic rings. The van der Waals surface area contributed by atoms with Gasteiger partial charge >= 0.3 is 12.1 Å². The Labute approximate surface area is 373 Å². The van der Waals surface area contributed by atoms with Crippen molar-refractivity contribution in [2.45, 2.75) is 167 Å². The number of β-amino-alcohol motifs (C(OH)–C–C–N with tert-alkyl or cyclic N) is 1. The zero-order valence-corrected chi connectivity index (χ0v) is 39.1. The molecule has 17 heteroatoms. The Balaban J connectivity index is 1.28. The van der Waals surface area contributed by atoms with Crippen molar-refractivity contribution in [3.05, 3.63) is 30.5 Å². The number of nitrogens with zero attached hydrogens (tertiary/aromatic N) is 5. The molecule has 1 aromatic heterocycles. The number of amides is 1. The molecule has 0 aliphatic carbocycles. The van der Waals surface area contributed by atoms with Gasteiger partial charge in [0, 0.05) is 62.5 Å². The van der Waals surface area contributed by atoms with E-state index in [9.17, 15) is 29.7 Å². The summed E-state index contributed by atoms with van der Waals surface area (Å²) in [6, 6.07) is 6.74. The van der Waals surface area contributed by atoms with Crippen LogP contribution in [0, 0.1) is 23.7 Å². The van der Waals surface area contributed by atoms with Crippen molar-refractivity contribution in [3.8, 4) is 11.3 Å². The quantitative estimate of drug-likeness (QED) is 0.0585. The van der Waals surface area contributed by atoms with Crippen molar-refractivity contribution >= 4 is 23.5 Å². The number of carbonyl (C=O) groups is 3. The van der Waals surface area contributed by atoms with Gasteiger partial charge in [-0.25, -0.2) is 4.79 Å². The number of cyclic esters (lactones) is 1. The van der Waals surface area contributed by atoms with Crippen LogP contribution in [-0.4, -0.2) is 151 Å². The number of Topliss-reactive ketones (excluding diaryl/α,β-unsaturated/α-hetero) is 1. The Bertz CT molecular complexity index is 1830. The molecule has 1 amide bonds. The smallest absolute Gasteiger partial charge is 0.410 e. The monoisotopic (exact) mass is 886 g/mol. The Morgan fingerprint density at radius 3 is 2.49 bits per heavy atom. The van der Waals surface area contributed by atoms with E-state index in [-0.39, 0.29) is 42.2 Å². The highest BCUT2D eigenvalue weighted by atomic mass is 16.7. The van der Waals surface area contributed by atoms with Gasteiger partial charge in [-0.15, -0.1) is 5.10 Å². The molecule has 17 nitrogen and oxygen atoms in total. The number of hydrogen-bond donors (Lipinski definition) is 5. The summed E-state index contributed by atoms with van der Waals surface area (Å²) in [5.74, 6) is -3.99. The molecule has 1 aromatic carbocycles. The first-order valence-corrected chi connectivity index (χ1v) is 22.9. The molecule has 0 saturated carbocycles. The summed E-state index contributed by atoms with van der Waals surface area (Å²) in [5.41, 5.74) is 6.38. The second-order valence-electron chi connectivity index (χ2n) is 19.1. The van der Waals surface area contributed by atoms with Gasteiger partial charge in [-0.1, -0.05) is 45.0 Å². The van der Waals surface area contributed by atoms with E-state index in [1.165, 1.54) is 6.92 Å². The van der Waals surface area contributed by atoms with E-state index in [2.05, 4.69) is 48.2 Å². The molecule has 3 aliphatic heterocycles. The summed E-state index contributed by atoms with van der Waals surface area (Å²) in [5, 5.41) is 44.1. The van der Waals surface area contributed by atoms with Crippen LogP contribution >= 0.6 is 0 Å². The number of unbranched alkanes of at least 4 members (excludes halogenated alkanes) is 1. The van der Waals surface area contributed by atoms with Crippen molar-refractivity contribution in [1.29, 1.82) is 0 Å². The summed E-state index contributed by atoms with van der Waals surface area (Å²) in [7, 11) is 1.55. The Hall–Kier alpha value is -3.71. The number of hydrogen-bond acceptors (Lipinski definition) is 14. The number of methoxy groups -OCH3 is 1. The molecule has 5 rings (SSSR count). The largest absolute Gasteiger partial charge is 0.481 e. The number of aliphatic carboxylic acids is 1. The minimum absolute atomic E-state index is 0.0705. The third-order valence-corrected chi connectivity index (χ3v) is 14.2. The number of carboxylic acid groups (broad SMARTS) is 1. The number of rotatable bonds is 23. The van der Waals surface area contributed by atoms with E-state index in [0.717, 1.165) is 30.5 Å². The number of aryl methyl sites for hydroxylation is 1. The van der Waals surface area contributed by atoms with Crippen LogP contribution in [0.2, 0.25) is 0 Å². The fraction of sp³-hybridized carbons (Fsp3) is 0.761. The predicted molar refractivity (Wildman–Crippen MR) is 237 cm³/mol. The van der Waals surface area contributed by atoms with E-state index in [0.29, 0.717) is 57.7 Å². The van der Waals surface area contributed by atoms with Crippen LogP contribution in [0.15, 0.2) is 30.5 Å². The van der Waals surface area contributed by atoms with Crippen molar-refractivity contribution in [3.63, 3.8) is 0 Å². The Kier molecular flexibility index (Phi) is 17.2. The molecule has 354 valence electrons. The van der Waals surface area contributed by atoms with Gasteiger partial charge in [0.25, 0.3) is 0 Å². The van der Waals surface area contributed by atoms with E-state index in [1.807, 2.05) is 60.8 Å². The maximum atomic E-state index is 13.7. The highest BCUT2D eigenvalue weighted by Gasteiger charge is 2.55. The van der Waals surface area contributed by atoms with Crippen LogP contribution in [0.5, 0.6) is 0 Å². The zero-order valence-electron chi connectivity index (χ0n) is 39.1. The van der Waals surface area contributed by atoms with Crippen LogP contribution in [0.25, 0.3) is 11.3 Å². The maximum Gasteiger partial charge on any atom is 0.410 e. The molecule has 4 heterocycles. The first kappa shape index (κ1) is 50.3. The van der Waals surface area contributed by atoms with Crippen molar-refractivity contribution in [2.75, 3.05) is 39.0 Å². The molecular weight excluding hydrogens is 811 g/mol. The minimum Gasteiger partial charge on any atom is -0.481 e. The van der Waals surface area contributed by atoms with Gasteiger partial charge in [-0.3, -0.25) is 24.1 Å². The average molecular weight is 886 g/mol. The van der Waals surface area contributed by atoms with Gasteiger partial charge < -0.3 is 45.3 Å². The topological polar surface area (TPSA) is 224 Å². The third kappa shape index (κ3) is 11.8. The molecule has 3 unspecified atom stereocenters. The first-order valence-electron chi connectivity index (χ1n) is 22.9. The number of carboxylic acids is 1. The molecule has 63 heavy (non-hydrogen) atoms. The van der Waals surface area contributed by atoms with E-state index < -0.39 is 59.4 Å². The van der Waals surface area contributed by atoms with E-state index in [1.54, 1.807) is 14.0 Å². The number of nitrogen functional groups attached to an aromatic ring is 1. The van der Waals surface area contributed by atoms with Gasteiger partial charge in [-0.05, 0) is 104 Å². The lowest BCUT2D eigenvalue weighted by atomic mass is 9.78. The summed E-state index contributed by atoms with van der Waals surface area (Å²) in [6.07, 6.45) is 1.41. The summed E-state index contributed by atoms with van der Waals surface area (Å²) in [4.78, 5) is 43.3. The fourth-order valence-corrected chi connectivity index (χ4v) is 10.1. The number of nitrogens with one attached hydrogen (secondary N) is 1. The van der Waals surface area contributed by atoms with Gasteiger partial charge in [0.15, 0.2) is 12.1 Å². The molecule has 14 atom stereocenters. The zero-order chi connectivity index (χ0) is 46.4. The number of anilines is 1. The van der Waals surface area contributed by atoms with Gasteiger partial charge in [0.05, 0.1) is 36.2 Å². The predicted octanol–water partition coefficient (Wildman–Crippen LogP) is 4.58. The Morgan fingerprint density at radius 2 is 1.86 bits per heavy atom. The van der Waals surface area contributed by atoms with E-state index in [4.69, 9.17) is 24.7 Å². The number of aromatic nitrogens is 3. The minimum atomic E-state index is -1.29. The molecule has 0 bridgehead atoms. The Morgan fingerprint density at radius 1 is 1.14 bits per heavy atom. The number of ketones is 1. The summed E-state index contributed by atoms with van der Waals surface area (Å²) < 4.78 is 27.1.